The molecular weight excluding hydrogens is 258 g/mol. The molecule has 1 heterocycles. The predicted molar refractivity (Wildman–Crippen MR) is 77.2 cm³/mol. The van der Waals surface area contributed by atoms with Crippen molar-refractivity contribution in [1.29, 1.82) is 0 Å². The molecule has 1 atom stereocenters. The van der Waals surface area contributed by atoms with Gasteiger partial charge < -0.3 is 20.7 Å². The number of hydrogen-bond donors (Lipinski definition) is 2. The smallest absolute Gasteiger partial charge is 0.408 e. The molecule has 0 aromatic carbocycles. The highest BCUT2D eigenvalue weighted by Crippen LogP contribution is 2.12. The Labute approximate surface area is 121 Å². The number of nitrogens with zero attached hydrogens (tertiary/aromatic N) is 1. The summed E-state index contributed by atoms with van der Waals surface area (Å²) in [5, 5.41) is 2.65. The van der Waals surface area contributed by atoms with Crippen LogP contribution in [0.5, 0.6) is 0 Å². The standard InChI is InChI=1S/C14H27N3O3/c1-5-11(16-13(19)20-14(2,3)4)12(18)17-8-6-10(15)7-9-17/h10-11H,5-9,15H2,1-4H3,(H,16,19)/t11-/m1/s1. The van der Waals surface area contributed by atoms with Gasteiger partial charge in [-0.3, -0.25) is 4.79 Å². The summed E-state index contributed by atoms with van der Waals surface area (Å²) in [6.45, 7) is 8.57. The highest BCUT2D eigenvalue weighted by molar-refractivity contribution is 5.85. The van der Waals surface area contributed by atoms with Crippen molar-refractivity contribution in [2.24, 2.45) is 5.73 Å². The molecule has 0 spiro atoms. The van der Waals surface area contributed by atoms with Crippen LogP contribution in [-0.2, 0) is 9.53 Å². The zero-order valence-electron chi connectivity index (χ0n) is 12.9. The molecule has 0 saturated carbocycles. The van der Waals surface area contributed by atoms with E-state index in [-0.39, 0.29) is 11.9 Å². The quantitative estimate of drug-likeness (QED) is 0.817. The summed E-state index contributed by atoms with van der Waals surface area (Å²) < 4.78 is 5.18. The van der Waals surface area contributed by atoms with E-state index in [4.69, 9.17) is 10.5 Å². The van der Waals surface area contributed by atoms with Gasteiger partial charge in [0.15, 0.2) is 0 Å². The molecule has 1 saturated heterocycles. The number of amides is 2. The SMILES string of the molecule is CC[C@@H](NC(=O)OC(C)(C)C)C(=O)N1CCC(N)CC1. The van der Waals surface area contributed by atoms with Gasteiger partial charge in [-0.2, -0.15) is 0 Å². The van der Waals surface area contributed by atoms with E-state index in [1.165, 1.54) is 0 Å². The first kappa shape index (κ1) is 16.8. The molecular formula is C14H27N3O3. The molecule has 20 heavy (non-hydrogen) atoms. The number of alkyl carbamates (subject to hydrolysis) is 1. The largest absolute Gasteiger partial charge is 0.444 e. The number of nitrogens with two attached hydrogens (primary N) is 1. The van der Waals surface area contributed by atoms with Gasteiger partial charge in [-0.15, -0.1) is 0 Å². The van der Waals surface area contributed by atoms with Crippen LogP contribution >= 0.6 is 0 Å². The first-order valence-corrected chi connectivity index (χ1v) is 7.27. The first-order chi connectivity index (χ1) is 9.23. The fourth-order valence-corrected chi connectivity index (χ4v) is 2.13. The second-order valence-electron chi connectivity index (χ2n) is 6.27. The number of likely N-dealkylation sites (tertiary alicyclic amines) is 1. The van der Waals surface area contributed by atoms with Crippen LogP contribution in [0.15, 0.2) is 0 Å². The van der Waals surface area contributed by atoms with Gasteiger partial charge in [-0.25, -0.2) is 4.79 Å². The molecule has 0 aromatic heterocycles. The molecule has 0 aliphatic carbocycles. The molecule has 1 aliphatic rings. The van der Waals surface area contributed by atoms with Crippen LogP contribution in [0.3, 0.4) is 0 Å². The van der Waals surface area contributed by atoms with Gasteiger partial charge in [0.05, 0.1) is 0 Å². The Morgan fingerprint density at radius 2 is 1.90 bits per heavy atom. The van der Waals surface area contributed by atoms with Gasteiger partial charge in [-0.05, 0) is 40.0 Å². The van der Waals surface area contributed by atoms with E-state index in [0.29, 0.717) is 19.5 Å². The van der Waals surface area contributed by atoms with E-state index < -0.39 is 17.7 Å². The summed E-state index contributed by atoms with van der Waals surface area (Å²) >= 11 is 0. The van der Waals surface area contributed by atoms with Gasteiger partial charge in [0.2, 0.25) is 5.91 Å². The van der Waals surface area contributed by atoms with E-state index in [2.05, 4.69) is 5.32 Å². The number of rotatable bonds is 3. The van der Waals surface area contributed by atoms with Crippen molar-refractivity contribution in [3.8, 4) is 0 Å². The van der Waals surface area contributed by atoms with Gasteiger partial charge in [0.25, 0.3) is 0 Å². The van der Waals surface area contributed by atoms with Crippen molar-refractivity contribution in [3.63, 3.8) is 0 Å². The predicted octanol–water partition coefficient (Wildman–Crippen LogP) is 1.24. The lowest BCUT2D eigenvalue weighted by atomic mass is 10.0. The summed E-state index contributed by atoms with van der Waals surface area (Å²) in [6, 6.07) is -0.350. The Kier molecular flexibility index (Phi) is 5.80. The van der Waals surface area contributed by atoms with Crippen LogP contribution < -0.4 is 11.1 Å². The van der Waals surface area contributed by atoms with E-state index in [0.717, 1.165) is 12.8 Å². The number of carbonyl (C=O) groups is 2. The average Bonchev–Trinajstić information content (AvgIpc) is 2.34. The summed E-state index contributed by atoms with van der Waals surface area (Å²) in [6.07, 6.45) is 1.62. The number of hydrogen-bond acceptors (Lipinski definition) is 4. The van der Waals surface area contributed by atoms with Gasteiger partial charge in [0.1, 0.15) is 11.6 Å². The van der Waals surface area contributed by atoms with E-state index in [9.17, 15) is 9.59 Å². The lowest BCUT2D eigenvalue weighted by molar-refractivity contribution is -0.134. The summed E-state index contributed by atoms with van der Waals surface area (Å²) in [5.74, 6) is -0.0507. The molecule has 2 amide bonds. The van der Waals surface area contributed by atoms with E-state index in [1.54, 1.807) is 25.7 Å². The minimum Gasteiger partial charge on any atom is -0.444 e. The van der Waals surface area contributed by atoms with Crippen LogP contribution in [0.1, 0.15) is 47.0 Å². The molecule has 1 rings (SSSR count). The van der Waals surface area contributed by atoms with Crippen LogP contribution in [0.2, 0.25) is 0 Å². The maximum absolute atomic E-state index is 12.4. The molecule has 0 aromatic rings. The van der Waals surface area contributed by atoms with Crippen LogP contribution in [0.25, 0.3) is 0 Å². The molecule has 0 radical (unpaired) electrons. The van der Waals surface area contributed by atoms with Gasteiger partial charge in [-0.1, -0.05) is 6.92 Å². The number of piperidine rings is 1. The van der Waals surface area contributed by atoms with E-state index in [1.807, 2.05) is 6.92 Å². The Balaban J connectivity index is 2.53. The molecule has 0 unspecified atom stereocenters. The molecule has 1 aliphatic heterocycles. The summed E-state index contributed by atoms with van der Waals surface area (Å²) in [4.78, 5) is 25.9. The minimum absolute atomic E-state index is 0.0507. The summed E-state index contributed by atoms with van der Waals surface area (Å²) in [5.41, 5.74) is 5.26. The van der Waals surface area contributed by atoms with Crippen LogP contribution in [0.4, 0.5) is 4.79 Å². The van der Waals surface area contributed by atoms with Crippen molar-refractivity contribution in [1.82, 2.24) is 10.2 Å². The van der Waals surface area contributed by atoms with Crippen molar-refractivity contribution in [2.45, 2.75) is 64.6 Å². The third kappa shape index (κ3) is 5.36. The maximum atomic E-state index is 12.4. The third-order valence-corrected chi connectivity index (χ3v) is 3.25. The number of carbonyl (C=O) groups excluding carboxylic acids is 2. The average molecular weight is 285 g/mol. The Morgan fingerprint density at radius 1 is 1.35 bits per heavy atom. The van der Waals surface area contributed by atoms with Crippen molar-refractivity contribution in [2.75, 3.05) is 13.1 Å². The van der Waals surface area contributed by atoms with E-state index >= 15 is 0 Å². The Hall–Kier alpha value is -1.30. The van der Waals surface area contributed by atoms with Crippen molar-refractivity contribution >= 4 is 12.0 Å². The topological polar surface area (TPSA) is 84.7 Å². The monoisotopic (exact) mass is 285 g/mol. The van der Waals surface area contributed by atoms with Gasteiger partial charge in [0, 0.05) is 19.1 Å². The first-order valence-electron chi connectivity index (χ1n) is 7.27. The van der Waals surface area contributed by atoms with Gasteiger partial charge >= 0.3 is 6.09 Å². The Bertz CT molecular complexity index is 344. The molecule has 6 nitrogen and oxygen atoms in total. The van der Waals surface area contributed by atoms with Crippen molar-refractivity contribution in [3.05, 3.63) is 0 Å². The lowest BCUT2D eigenvalue weighted by Gasteiger charge is -2.33. The normalized spacial score (nSPS) is 18.6. The molecule has 1 fully saturated rings. The second kappa shape index (κ2) is 6.92. The zero-order chi connectivity index (χ0) is 15.3. The fraction of sp³-hybridized carbons (Fsp3) is 0.857. The zero-order valence-corrected chi connectivity index (χ0v) is 12.9. The second-order valence-corrected chi connectivity index (χ2v) is 6.27. The highest BCUT2D eigenvalue weighted by Gasteiger charge is 2.28. The molecule has 3 N–H and O–H groups in total. The molecule has 116 valence electrons. The molecule has 6 heteroatoms. The highest BCUT2D eigenvalue weighted by atomic mass is 16.6. The number of nitrogens with one attached hydrogen (secondary N) is 1. The summed E-state index contributed by atoms with van der Waals surface area (Å²) in [7, 11) is 0. The minimum atomic E-state index is -0.566. The fourth-order valence-electron chi connectivity index (χ4n) is 2.13. The van der Waals surface area contributed by atoms with Crippen LogP contribution in [-0.4, -0.2) is 47.7 Å². The van der Waals surface area contributed by atoms with Crippen molar-refractivity contribution < 1.29 is 14.3 Å². The molecule has 0 bridgehead atoms. The third-order valence-electron chi connectivity index (χ3n) is 3.25. The maximum Gasteiger partial charge on any atom is 0.408 e. The Morgan fingerprint density at radius 3 is 2.35 bits per heavy atom. The number of ether oxygens (including phenoxy) is 1. The van der Waals surface area contributed by atoms with Crippen LogP contribution in [0, 0.1) is 0 Å². The lowest BCUT2D eigenvalue weighted by Crippen LogP contribution is -2.52.